The second-order valence-electron chi connectivity index (χ2n) is 12.3. The fourth-order valence-electron chi connectivity index (χ4n) is 5.54. The van der Waals surface area contributed by atoms with E-state index in [-0.39, 0.29) is 18.2 Å². The van der Waals surface area contributed by atoms with Crippen LogP contribution in [-0.4, -0.2) is 36.4 Å². The highest BCUT2D eigenvalue weighted by Gasteiger charge is 2.35. The Hall–Kier alpha value is -4.85. The summed E-state index contributed by atoms with van der Waals surface area (Å²) in [5, 5.41) is 0. The van der Waals surface area contributed by atoms with Crippen LogP contribution in [0.3, 0.4) is 0 Å². The molecule has 0 aliphatic carbocycles. The number of hydrogen-bond donors (Lipinski definition) is 0. The minimum absolute atomic E-state index is 0.294. The monoisotopic (exact) mass is 668 g/mol. The van der Waals surface area contributed by atoms with Crippen molar-refractivity contribution in [3.05, 3.63) is 103 Å². The molecule has 4 rings (SSSR count). The van der Waals surface area contributed by atoms with Gasteiger partial charge in [0.25, 0.3) is 0 Å². The first kappa shape index (κ1) is 37.0. The van der Waals surface area contributed by atoms with Crippen LogP contribution in [0.5, 0.6) is 17.2 Å². The molecule has 1 aliphatic heterocycles. The number of carbonyl (C=O) groups excluding carboxylic acids is 3. The van der Waals surface area contributed by atoms with Crippen molar-refractivity contribution in [1.29, 1.82) is 0 Å². The van der Waals surface area contributed by atoms with E-state index in [9.17, 15) is 14.4 Å². The molecule has 260 valence electrons. The molecule has 3 atom stereocenters. The summed E-state index contributed by atoms with van der Waals surface area (Å²) in [5.74, 6) is 0.227. The van der Waals surface area contributed by atoms with Crippen molar-refractivity contribution in [3.63, 3.8) is 0 Å². The lowest BCUT2D eigenvalue weighted by Gasteiger charge is -2.23. The molecule has 3 aromatic rings. The molecule has 0 aromatic heterocycles. The van der Waals surface area contributed by atoms with E-state index in [1.807, 2.05) is 36.4 Å². The van der Waals surface area contributed by atoms with Crippen molar-refractivity contribution in [2.75, 3.05) is 0 Å². The van der Waals surface area contributed by atoms with Crippen molar-refractivity contribution >= 4 is 17.9 Å². The number of hydrogen-bond acceptors (Lipinski definition) is 8. The molecule has 49 heavy (non-hydrogen) atoms. The molecule has 1 fully saturated rings. The minimum Gasteiger partial charge on any atom is -0.487 e. The normalized spacial score (nSPS) is 15.2. The Labute approximate surface area is 290 Å². The third kappa shape index (κ3) is 11.7. The molecule has 8 heteroatoms. The van der Waals surface area contributed by atoms with E-state index >= 15 is 0 Å². The smallest absolute Gasteiger partial charge is 0.343 e. The van der Waals surface area contributed by atoms with E-state index in [1.165, 1.54) is 19.3 Å². The zero-order chi connectivity index (χ0) is 35.0. The van der Waals surface area contributed by atoms with E-state index in [4.69, 9.17) is 23.7 Å². The van der Waals surface area contributed by atoms with Gasteiger partial charge in [0.2, 0.25) is 6.29 Å². The molecule has 8 nitrogen and oxygen atoms in total. The van der Waals surface area contributed by atoms with Gasteiger partial charge in [0.15, 0.2) is 0 Å². The van der Waals surface area contributed by atoms with Crippen LogP contribution >= 0.6 is 0 Å². The van der Waals surface area contributed by atoms with Crippen molar-refractivity contribution in [1.82, 2.24) is 0 Å². The van der Waals surface area contributed by atoms with Crippen molar-refractivity contribution in [2.24, 2.45) is 0 Å². The van der Waals surface area contributed by atoms with Crippen molar-refractivity contribution in [2.45, 2.75) is 103 Å². The number of ether oxygens (including phenoxy) is 5. The zero-order valence-corrected chi connectivity index (χ0v) is 28.7. The number of rotatable bonds is 20. The second kappa shape index (κ2) is 19.2. The van der Waals surface area contributed by atoms with Gasteiger partial charge in [-0.1, -0.05) is 89.8 Å². The van der Waals surface area contributed by atoms with Gasteiger partial charge in [-0.3, -0.25) is 0 Å². The Balaban J connectivity index is 1.30. The van der Waals surface area contributed by atoms with Gasteiger partial charge in [0, 0.05) is 24.5 Å². The van der Waals surface area contributed by atoms with E-state index in [0.29, 0.717) is 41.2 Å². The Morgan fingerprint density at radius 2 is 1.35 bits per heavy atom. The molecule has 0 amide bonds. The largest absolute Gasteiger partial charge is 0.487 e. The molecule has 1 aliphatic rings. The summed E-state index contributed by atoms with van der Waals surface area (Å²) >= 11 is 0. The van der Waals surface area contributed by atoms with Crippen molar-refractivity contribution < 1.29 is 38.1 Å². The van der Waals surface area contributed by atoms with Gasteiger partial charge in [-0.2, -0.15) is 0 Å². The third-order valence-corrected chi connectivity index (χ3v) is 8.36. The summed E-state index contributed by atoms with van der Waals surface area (Å²) in [6.07, 6.45) is 10.3. The van der Waals surface area contributed by atoms with Crippen LogP contribution in [0.1, 0.15) is 94.8 Å². The number of cyclic esters (lactones) is 1. The maximum Gasteiger partial charge on any atom is 0.343 e. The highest BCUT2D eigenvalue weighted by Crippen LogP contribution is 2.29. The van der Waals surface area contributed by atoms with E-state index in [2.05, 4.69) is 27.0 Å². The summed E-state index contributed by atoms with van der Waals surface area (Å²) < 4.78 is 28.7. The average molecular weight is 669 g/mol. The van der Waals surface area contributed by atoms with Crippen LogP contribution in [0, 0.1) is 0 Å². The maximum atomic E-state index is 12.9. The average Bonchev–Trinajstić information content (AvgIpc) is 3.46. The van der Waals surface area contributed by atoms with E-state index in [1.54, 1.807) is 36.4 Å². The zero-order valence-electron chi connectivity index (χ0n) is 28.7. The van der Waals surface area contributed by atoms with Gasteiger partial charge >= 0.3 is 17.9 Å². The highest BCUT2D eigenvalue weighted by molar-refractivity contribution is 5.91. The van der Waals surface area contributed by atoms with Gasteiger partial charge in [0.1, 0.15) is 29.5 Å². The second-order valence-corrected chi connectivity index (χ2v) is 12.3. The van der Waals surface area contributed by atoms with Crippen LogP contribution in [0.4, 0.5) is 0 Å². The first-order chi connectivity index (χ1) is 23.8. The van der Waals surface area contributed by atoms with Gasteiger partial charge in [-0.05, 0) is 78.9 Å². The standard InChI is InChI=1S/C41H48O8/c1-5-8-10-11-12-13-15-39(49-38(42)7-3)46-34-22-16-30(17-23-34)31-18-24-35(25-19-31)47-41(44)32-20-26-33(27-21-32)45-36(14-9-6-2)37-28-29(4)40(43)48-37/h7,16-27,36-37,39H,3-6,8-15,28H2,1-2H3. The predicted molar refractivity (Wildman–Crippen MR) is 190 cm³/mol. The number of esters is 3. The molecule has 3 aromatic carbocycles. The molecule has 0 radical (unpaired) electrons. The Kier molecular flexibility index (Phi) is 14.5. The fourth-order valence-corrected chi connectivity index (χ4v) is 5.54. The lowest BCUT2D eigenvalue weighted by molar-refractivity contribution is -0.158. The Morgan fingerprint density at radius 1 is 0.776 bits per heavy atom. The van der Waals surface area contributed by atoms with Gasteiger partial charge < -0.3 is 23.7 Å². The molecule has 0 N–H and O–H groups in total. The van der Waals surface area contributed by atoms with Crippen LogP contribution in [0.25, 0.3) is 11.1 Å². The highest BCUT2D eigenvalue weighted by atomic mass is 16.7. The molecule has 0 bridgehead atoms. The molecule has 3 unspecified atom stereocenters. The lowest BCUT2D eigenvalue weighted by Crippen LogP contribution is -2.31. The lowest BCUT2D eigenvalue weighted by atomic mass is 10.0. The Bertz CT molecular complexity index is 1510. The maximum absolute atomic E-state index is 12.9. The Morgan fingerprint density at radius 3 is 1.94 bits per heavy atom. The van der Waals surface area contributed by atoms with Crippen molar-refractivity contribution in [3.8, 4) is 28.4 Å². The first-order valence-electron chi connectivity index (χ1n) is 17.4. The van der Waals surface area contributed by atoms with E-state index < -0.39 is 18.2 Å². The molecular formula is C41H48O8. The van der Waals surface area contributed by atoms with E-state index in [0.717, 1.165) is 55.7 Å². The number of unbranched alkanes of at least 4 members (excludes halogenated alkanes) is 6. The quantitative estimate of drug-likeness (QED) is 0.0386. The summed E-state index contributed by atoms with van der Waals surface area (Å²) in [4.78, 5) is 36.6. The predicted octanol–water partition coefficient (Wildman–Crippen LogP) is 9.57. The van der Waals surface area contributed by atoms with Gasteiger partial charge in [-0.25, -0.2) is 14.4 Å². The third-order valence-electron chi connectivity index (χ3n) is 8.36. The van der Waals surface area contributed by atoms with Gasteiger partial charge in [-0.15, -0.1) is 0 Å². The first-order valence-corrected chi connectivity index (χ1v) is 17.4. The summed E-state index contributed by atoms with van der Waals surface area (Å²) in [6, 6.07) is 21.5. The van der Waals surface area contributed by atoms with Crippen LogP contribution in [0.15, 0.2) is 97.6 Å². The van der Waals surface area contributed by atoms with Crippen LogP contribution in [0.2, 0.25) is 0 Å². The number of carbonyl (C=O) groups is 3. The van der Waals surface area contributed by atoms with Crippen LogP contribution < -0.4 is 14.2 Å². The summed E-state index contributed by atoms with van der Waals surface area (Å²) in [5.41, 5.74) is 2.72. The molecular weight excluding hydrogens is 620 g/mol. The molecule has 1 saturated heterocycles. The van der Waals surface area contributed by atoms with Crippen LogP contribution in [-0.2, 0) is 19.1 Å². The van der Waals surface area contributed by atoms with Gasteiger partial charge in [0.05, 0.1) is 5.56 Å². The minimum atomic E-state index is -0.678. The topological polar surface area (TPSA) is 97.4 Å². The summed E-state index contributed by atoms with van der Waals surface area (Å²) in [6.45, 7) is 11.6. The molecule has 0 saturated carbocycles. The summed E-state index contributed by atoms with van der Waals surface area (Å²) in [7, 11) is 0. The fraction of sp³-hybridized carbons (Fsp3) is 0.390. The molecule has 0 spiro atoms. The number of benzene rings is 3. The SMILES string of the molecule is C=CC(=O)OC(CCCCCCCC)Oc1ccc(-c2ccc(OC(=O)c3ccc(OC(CCCC)C4CC(=C)C(=O)O4)cc3)cc2)cc1. The molecule has 1 heterocycles.